The molecule has 1 aliphatic rings. The maximum Gasteiger partial charge on any atom is 0.586 e. The first-order chi connectivity index (χ1) is 10.9. The number of anilines is 2. The van der Waals surface area contributed by atoms with Crippen LogP contribution in [0.2, 0.25) is 0 Å². The van der Waals surface area contributed by atoms with Crippen molar-refractivity contribution >= 4 is 22.7 Å². The predicted molar refractivity (Wildman–Crippen MR) is 76.1 cm³/mol. The van der Waals surface area contributed by atoms with Gasteiger partial charge >= 0.3 is 6.29 Å². The van der Waals surface area contributed by atoms with E-state index in [1.807, 2.05) is 0 Å². The van der Waals surface area contributed by atoms with Gasteiger partial charge in [-0.2, -0.15) is 0 Å². The third-order valence-corrected chi connectivity index (χ3v) is 3.30. The minimum atomic E-state index is -3.67. The van der Waals surface area contributed by atoms with Crippen LogP contribution in [0.4, 0.5) is 20.4 Å². The van der Waals surface area contributed by atoms with Crippen molar-refractivity contribution in [3.63, 3.8) is 0 Å². The minimum Gasteiger partial charge on any atom is -0.397 e. The number of fused-ring (bicyclic) bond motifs is 2. The van der Waals surface area contributed by atoms with Crippen LogP contribution in [-0.2, 0) is 0 Å². The van der Waals surface area contributed by atoms with E-state index in [1.54, 1.807) is 6.07 Å². The molecule has 10 heteroatoms. The standard InChI is InChI=1S/C13H11F2N5O3/c14-13(15)22-9-2-6-7(3-10(9)23-13)19-12(18-6)20-11(21)8-1-5(16)4-17-8/h1-4,11,17,21H,16H2,(H2,18,19,20). The average Bonchev–Trinajstić information content (AvgIpc) is 3.10. The molecule has 4 rings (SSSR count). The van der Waals surface area contributed by atoms with Gasteiger partial charge in [0.15, 0.2) is 17.7 Å². The van der Waals surface area contributed by atoms with E-state index in [2.05, 4.69) is 29.7 Å². The molecular weight excluding hydrogens is 312 g/mol. The lowest BCUT2D eigenvalue weighted by Gasteiger charge is -2.09. The highest BCUT2D eigenvalue weighted by atomic mass is 19.3. The van der Waals surface area contributed by atoms with E-state index < -0.39 is 12.5 Å². The molecule has 0 aliphatic carbocycles. The zero-order valence-electron chi connectivity index (χ0n) is 11.4. The van der Waals surface area contributed by atoms with Gasteiger partial charge in [-0.15, -0.1) is 8.78 Å². The zero-order chi connectivity index (χ0) is 16.2. The van der Waals surface area contributed by atoms with Crippen molar-refractivity contribution in [1.29, 1.82) is 0 Å². The monoisotopic (exact) mass is 323 g/mol. The van der Waals surface area contributed by atoms with Crippen molar-refractivity contribution in [2.45, 2.75) is 12.5 Å². The number of hydrogen-bond acceptors (Lipinski definition) is 6. The van der Waals surface area contributed by atoms with Crippen LogP contribution in [0.5, 0.6) is 11.5 Å². The molecular formula is C13H11F2N5O3. The number of nitrogens with two attached hydrogens (primary N) is 1. The maximum atomic E-state index is 13.0. The summed E-state index contributed by atoms with van der Waals surface area (Å²) in [7, 11) is 0. The van der Waals surface area contributed by atoms with E-state index in [9.17, 15) is 13.9 Å². The van der Waals surface area contributed by atoms with E-state index in [1.165, 1.54) is 18.3 Å². The third-order valence-electron chi connectivity index (χ3n) is 3.30. The summed E-state index contributed by atoms with van der Waals surface area (Å²) in [5, 5.41) is 12.8. The fraction of sp³-hybridized carbons (Fsp3) is 0.154. The van der Waals surface area contributed by atoms with Crippen molar-refractivity contribution in [2.75, 3.05) is 11.1 Å². The van der Waals surface area contributed by atoms with Crippen molar-refractivity contribution in [2.24, 2.45) is 0 Å². The molecule has 0 bridgehead atoms. The molecule has 0 saturated heterocycles. The maximum absolute atomic E-state index is 13.0. The number of imidazole rings is 1. The van der Waals surface area contributed by atoms with Gasteiger partial charge in [0.05, 0.1) is 16.7 Å². The van der Waals surface area contributed by atoms with Gasteiger partial charge < -0.3 is 35.6 Å². The number of nitrogens with zero attached hydrogens (tertiary/aromatic N) is 1. The molecule has 1 aliphatic heterocycles. The lowest BCUT2D eigenvalue weighted by molar-refractivity contribution is -0.286. The molecule has 0 spiro atoms. The topological polar surface area (TPSA) is 121 Å². The number of H-pyrrole nitrogens is 2. The van der Waals surface area contributed by atoms with E-state index in [0.29, 0.717) is 22.4 Å². The number of nitrogen functional groups attached to an aromatic ring is 1. The first-order valence-corrected chi connectivity index (χ1v) is 6.58. The molecule has 0 fully saturated rings. The quantitative estimate of drug-likeness (QED) is 0.469. The summed E-state index contributed by atoms with van der Waals surface area (Å²) >= 11 is 0. The summed E-state index contributed by atoms with van der Waals surface area (Å²) in [5.41, 5.74) is 7.33. The van der Waals surface area contributed by atoms with Crippen LogP contribution in [0.25, 0.3) is 11.0 Å². The Morgan fingerprint density at radius 1 is 1.26 bits per heavy atom. The average molecular weight is 323 g/mol. The number of halogens is 2. The lowest BCUT2D eigenvalue weighted by atomic mass is 10.3. The second-order valence-electron chi connectivity index (χ2n) is 5.00. The van der Waals surface area contributed by atoms with E-state index in [-0.39, 0.29) is 17.4 Å². The smallest absolute Gasteiger partial charge is 0.397 e. The van der Waals surface area contributed by atoms with Crippen molar-refractivity contribution in [3.8, 4) is 11.5 Å². The molecule has 1 unspecified atom stereocenters. The molecule has 3 aromatic rings. The molecule has 1 aromatic carbocycles. The number of hydrogen-bond donors (Lipinski definition) is 5. The van der Waals surface area contributed by atoms with Gasteiger partial charge in [-0.1, -0.05) is 0 Å². The molecule has 0 radical (unpaired) electrons. The number of ether oxygens (including phenoxy) is 2. The zero-order valence-corrected chi connectivity index (χ0v) is 11.4. The molecule has 1 atom stereocenters. The summed E-state index contributed by atoms with van der Waals surface area (Å²) in [6.07, 6.45) is -3.21. The van der Waals surface area contributed by atoms with Crippen LogP contribution in [0.15, 0.2) is 24.4 Å². The van der Waals surface area contributed by atoms with Gasteiger partial charge in [0.2, 0.25) is 5.95 Å². The van der Waals surface area contributed by atoms with Gasteiger partial charge in [-0.05, 0) is 6.07 Å². The molecule has 8 nitrogen and oxygen atoms in total. The van der Waals surface area contributed by atoms with Crippen LogP contribution in [0.1, 0.15) is 11.9 Å². The highest BCUT2D eigenvalue weighted by Crippen LogP contribution is 2.42. The fourth-order valence-electron chi connectivity index (χ4n) is 2.32. The number of aromatic amines is 2. The Morgan fingerprint density at radius 3 is 2.70 bits per heavy atom. The number of aliphatic hydroxyl groups excluding tert-OH is 1. The van der Waals surface area contributed by atoms with E-state index >= 15 is 0 Å². The third kappa shape index (κ3) is 2.38. The molecule has 23 heavy (non-hydrogen) atoms. The Kier molecular flexibility index (Phi) is 2.66. The van der Waals surface area contributed by atoms with Gasteiger partial charge in [0, 0.05) is 24.0 Å². The molecule has 6 N–H and O–H groups in total. The largest absolute Gasteiger partial charge is 0.586 e. The van der Waals surface area contributed by atoms with Crippen LogP contribution in [-0.4, -0.2) is 26.4 Å². The van der Waals surface area contributed by atoms with Crippen molar-refractivity contribution < 1.29 is 23.4 Å². The molecule has 3 heterocycles. The highest BCUT2D eigenvalue weighted by Gasteiger charge is 2.43. The Labute approximate surface area is 127 Å². The number of benzene rings is 1. The summed E-state index contributed by atoms with van der Waals surface area (Å²) in [4.78, 5) is 9.81. The Balaban J connectivity index is 1.61. The Morgan fingerprint density at radius 2 is 2.00 bits per heavy atom. The van der Waals surface area contributed by atoms with Gasteiger partial charge in [-0.25, -0.2) is 4.98 Å². The normalized spacial score (nSPS) is 16.7. The molecule has 120 valence electrons. The Bertz CT molecular complexity index is 846. The fourth-order valence-corrected chi connectivity index (χ4v) is 2.32. The van der Waals surface area contributed by atoms with Crippen LogP contribution in [0, 0.1) is 0 Å². The van der Waals surface area contributed by atoms with Gasteiger partial charge in [0.25, 0.3) is 0 Å². The summed E-state index contributed by atoms with van der Waals surface area (Å²) in [6.45, 7) is 0. The minimum absolute atomic E-state index is 0.0876. The number of rotatable bonds is 3. The summed E-state index contributed by atoms with van der Waals surface area (Å²) in [5.74, 6) is 0.0599. The second kappa shape index (κ2) is 4.49. The summed E-state index contributed by atoms with van der Waals surface area (Å²) in [6, 6.07) is 4.24. The predicted octanol–water partition coefficient (Wildman–Crippen LogP) is 1.90. The first kappa shape index (κ1) is 13.6. The van der Waals surface area contributed by atoms with Crippen LogP contribution < -0.4 is 20.5 Å². The second-order valence-corrected chi connectivity index (χ2v) is 5.00. The first-order valence-electron chi connectivity index (χ1n) is 6.58. The molecule has 2 aromatic heterocycles. The van der Waals surface area contributed by atoms with Crippen LogP contribution in [0.3, 0.4) is 0 Å². The van der Waals surface area contributed by atoms with Crippen molar-refractivity contribution in [1.82, 2.24) is 15.0 Å². The van der Waals surface area contributed by atoms with Crippen molar-refractivity contribution in [3.05, 3.63) is 30.1 Å². The molecule has 0 saturated carbocycles. The summed E-state index contributed by atoms with van der Waals surface area (Å²) < 4.78 is 34.7. The SMILES string of the molecule is Nc1c[nH]c(C(O)Nc2nc3cc4c(cc3[nH]2)OC(F)(F)O4)c1. The number of nitrogens with one attached hydrogen (secondary N) is 3. The van der Waals surface area contributed by atoms with Crippen LogP contribution >= 0.6 is 0 Å². The van der Waals surface area contributed by atoms with Gasteiger partial charge in [0.1, 0.15) is 0 Å². The lowest BCUT2D eigenvalue weighted by Crippen LogP contribution is -2.25. The Hall–Kier alpha value is -3.01. The van der Waals surface area contributed by atoms with Gasteiger partial charge in [-0.3, -0.25) is 0 Å². The number of alkyl halides is 2. The van der Waals surface area contributed by atoms with E-state index in [4.69, 9.17) is 5.73 Å². The number of aliphatic hydroxyl groups is 1. The molecule has 0 amide bonds. The highest BCUT2D eigenvalue weighted by molar-refractivity contribution is 5.82. The van der Waals surface area contributed by atoms with E-state index in [0.717, 1.165) is 0 Å². The number of aromatic nitrogens is 3.